The number of thioether (sulfide) groups is 1. The first-order valence-electron chi connectivity index (χ1n) is 11.8. The van der Waals surface area contributed by atoms with Crippen LogP contribution >= 0.6 is 11.8 Å². The first kappa shape index (κ1) is 24.4. The van der Waals surface area contributed by atoms with Crippen LogP contribution in [0.15, 0.2) is 60.0 Å². The van der Waals surface area contributed by atoms with Gasteiger partial charge >= 0.3 is 0 Å². The Morgan fingerprint density at radius 1 is 1.12 bits per heavy atom. The van der Waals surface area contributed by atoms with Crippen LogP contribution in [0.2, 0.25) is 0 Å². The molecular weight excluding hydrogens is 446 g/mol. The predicted octanol–water partition coefficient (Wildman–Crippen LogP) is 4.73. The number of amides is 1. The number of morpholine rings is 1. The summed E-state index contributed by atoms with van der Waals surface area (Å²) < 4.78 is 7.76. The molecular formula is C26H33N5O2S. The predicted molar refractivity (Wildman–Crippen MR) is 137 cm³/mol. The number of carbonyl (C=O) groups is 1. The van der Waals surface area contributed by atoms with Gasteiger partial charge in [0.25, 0.3) is 0 Å². The second kappa shape index (κ2) is 11.2. The molecule has 34 heavy (non-hydrogen) atoms. The maximum atomic E-state index is 12.8. The number of benzene rings is 2. The molecule has 3 aromatic rings. The molecule has 1 amide bonds. The molecule has 1 saturated heterocycles. The molecule has 0 aliphatic carbocycles. The standard InChI is InChI=1S/C26H33N5O2S/c1-18(2)21-9-11-23(12-10-21)31-17-27-29-26(31)34-16-25(32)28-24-8-6-5-7-22(24)15-30-13-19(3)33-20(4)14-30/h5-12,17-20H,13-16H2,1-4H3,(H,28,32). The van der Waals surface area contributed by atoms with Gasteiger partial charge in [0.1, 0.15) is 6.33 Å². The van der Waals surface area contributed by atoms with E-state index in [9.17, 15) is 4.79 Å². The van der Waals surface area contributed by atoms with E-state index in [-0.39, 0.29) is 23.9 Å². The lowest BCUT2D eigenvalue weighted by Gasteiger charge is -2.35. The molecule has 0 bridgehead atoms. The highest BCUT2D eigenvalue weighted by molar-refractivity contribution is 7.99. The minimum atomic E-state index is -0.0640. The van der Waals surface area contributed by atoms with Gasteiger partial charge in [-0.15, -0.1) is 10.2 Å². The Hall–Kier alpha value is -2.68. The van der Waals surface area contributed by atoms with Crippen LogP contribution in [0.3, 0.4) is 0 Å². The minimum absolute atomic E-state index is 0.0640. The summed E-state index contributed by atoms with van der Waals surface area (Å²) in [7, 11) is 0. The van der Waals surface area contributed by atoms with Gasteiger partial charge in [-0.05, 0) is 49.1 Å². The molecule has 180 valence electrons. The molecule has 2 unspecified atom stereocenters. The first-order chi connectivity index (χ1) is 16.4. The van der Waals surface area contributed by atoms with Gasteiger partial charge < -0.3 is 10.1 Å². The van der Waals surface area contributed by atoms with E-state index in [1.54, 1.807) is 6.33 Å². The lowest BCUT2D eigenvalue weighted by Crippen LogP contribution is -2.44. The molecule has 8 heteroatoms. The molecule has 1 fully saturated rings. The van der Waals surface area contributed by atoms with Gasteiger partial charge in [0.2, 0.25) is 5.91 Å². The Morgan fingerprint density at radius 2 is 1.82 bits per heavy atom. The Bertz CT molecular complexity index is 1090. The van der Waals surface area contributed by atoms with Gasteiger partial charge in [-0.2, -0.15) is 0 Å². The average Bonchev–Trinajstić information content (AvgIpc) is 3.27. The molecule has 1 N–H and O–H groups in total. The van der Waals surface area contributed by atoms with E-state index in [4.69, 9.17) is 4.74 Å². The summed E-state index contributed by atoms with van der Waals surface area (Å²) in [6, 6.07) is 16.4. The molecule has 1 aromatic heterocycles. The van der Waals surface area contributed by atoms with Crippen LogP contribution in [0, 0.1) is 0 Å². The number of aromatic nitrogens is 3. The van der Waals surface area contributed by atoms with Gasteiger partial charge in [-0.3, -0.25) is 14.3 Å². The number of hydrogen-bond acceptors (Lipinski definition) is 6. The molecule has 2 atom stereocenters. The molecule has 0 saturated carbocycles. The van der Waals surface area contributed by atoms with Gasteiger partial charge in [0, 0.05) is 31.0 Å². The first-order valence-corrected chi connectivity index (χ1v) is 12.8. The number of nitrogens with one attached hydrogen (secondary N) is 1. The summed E-state index contributed by atoms with van der Waals surface area (Å²) in [6.07, 6.45) is 2.10. The third-order valence-electron chi connectivity index (χ3n) is 5.87. The zero-order valence-electron chi connectivity index (χ0n) is 20.3. The molecule has 4 rings (SSSR count). The maximum Gasteiger partial charge on any atom is 0.234 e. The number of hydrogen-bond donors (Lipinski definition) is 1. The summed E-state index contributed by atoms with van der Waals surface area (Å²) >= 11 is 1.38. The quantitative estimate of drug-likeness (QED) is 0.471. The van der Waals surface area contributed by atoms with Crippen LogP contribution in [0.4, 0.5) is 5.69 Å². The van der Waals surface area contributed by atoms with Crippen molar-refractivity contribution in [3.8, 4) is 5.69 Å². The van der Waals surface area contributed by atoms with E-state index in [2.05, 4.69) is 78.4 Å². The lowest BCUT2D eigenvalue weighted by atomic mass is 10.0. The fourth-order valence-corrected chi connectivity index (χ4v) is 5.00. The lowest BCUT2D eigenvalue weighted by molar-refractivity contribution is -0.113. The number of ether oxygens (including phenoxy) is 1. The molecule has 1 aliphatic heterocycles. The van der Waals surface area contributed by atoms with Crippen LogP contribution in [-0.4, -0.2) is 56.6 Å². The number of carbonyl (C=O) groups excluding carboxylic acids is 1. The fraction of sp³-hybridized carbons (Fsp3) is 0.423. The summed E-state index contributed by atoms with van der Waals surface area (Å²) in [5.41, 5.74) is 4.22. The van der Waals surface area contributed by atoms with E-state index in [0.717, 1.165) is 36.6 Å². The highest BCUT2D eigenvalue weighted by atomic mass is 32.2. The van der Waals surface area contributed by atoms with E-state index >= 15 is 0 Å². The van der Waals surface area contributed by atoms with Crippen LogP contribution in [-0.2, 0) is 16.1 Å². The van der Waals surface area contributed by atoms with Crippen molar-refractivity contribution in [3.63, 3.8) is 0 Å². The minimum Gasteiger partial charge on any atom is -0.373 e. The van der Waals surface area contributed by atoms with E-state index in [0.29, 0.717) is 11.1 Å². The highest BCUT2D eigenvalue weighted by Crippen LogP contribution is 2.24. The van der Waals surface area contributed by atoms with Crippen LogP contribution in [0.25, 0.3) is 5.69 Å². The molecule has 0 radical (unpaired) electrons. The Balaban J connectivity index is 1.37. The SMILES string of the molecule is CC1CN(Cc2ccccc2NC(=O)CSc2nncn2-c2ccc(C(C)C)cc2)CC(C)O1. The van der Waals surface area contributed by atoms with Crippen molar-refractivity contribution in [1.29, 1.82) is 0 Å². The third-order valence-corrected chi connectivity index (χ3v) is 6.81. The summed E-state index contributed by atoms with van der Waals surface area (Å²) in [6.45, 7) is 11.1. The van der Waals surface area contributed by atoms with Gasteiger partial charge in [-0.25, -0.2) is 0 Å². The number of para-hydroxylation sites is 1. The van der Waals surface area contributed by atoms with Crippen molar-refractivity contribution in [3.05, 3.63) is 66.0 Å². The van der Waals surface area contributed by atoms with Gasteiger partial charge in [-0.1, -0.05) is 55.9 Å². The molecule has 2 heterocycles. The number of nitrogens with zero attached hydrogens (tertiary/aromatic N) is 4. The maximum absolute atomic E-state index is 12.8. The normalized spacial score (nSPS) is 18.9. The number of anilines is 1. The molecule has 0 spiro atoms. The van der Waals surface area contributed by atoms with Crippen LogP contribution < -0.4 is 5.32 Å². The van der Waals surface area contributed by atoms with Crippen molar-refractivity contribution < 1.29 is 9.53 Å². The second-order valence-electron chi connectivity index (χ2n) is 9.18. The second-order valence-corrected chi connectivity index (χ2v) is 10.1. The summed E-state index contributed by atoms with van der Waals surface area (Å²) in [5, 5.41) is 12.1. The average molecular weight is 480 g/mol. The molecule has 1 aliphatic rings. The number of rotatable bonds is 8. The van der Waals surface area contributed by atoms with Crippen molar-refractivity contribution in [2.75, 3.05) is 24.2 Å². The van der Waals surface area contributed by atoms with E-state index in [1.807, 2.05) is 22.8 Å². The zero-order chi connectivity index (χ0) is 24.1. The monoisotopic (exact) mass is 479 g/mol. The van der Waals surface area contributed by atoms with Crippen molar-refractivity contribution >= 4 is 23.4 Å². The van der Waals surface area contributed by atoms with Gasteiger partial charge in [0.05, 0.1) is 18.0 Å². The Kier molecular flexibility index (Phi) is 8.03. The van der Waals surface area contributed by atoms with Gasteiger partial charge in [0.15, 0.2) is 5.16 Å². The summed E-state index contributed by atoms with van der Waals surface area (Å²) in [4.78, 5) is 15.2. The molecule has 2 aromatic carbocycles. The van der Waals surface area contributed by atoms with Crippen molar-refractivity contribution in [2.24, 2.45) is 0 Å². The van der Waals surface area contributed by atoms with Crippen molar-refractivity contribution in [1.82, 2.24) is 19.7 Å². The van der Waals surface area contributed by atoms with Crippen LogP contribution in [0.5, 0.6) is 0 Å². The summed E-state index contributed by atoms with van der Waals surface area (Å²) in [5.74, 6) is 0.666. The highest BCUT2D eigenvalue weighted by Gasteiger charge is 2.23. The Morgan fingerprint density at radius 3 is 2.53 bits per heavy atom. The Labute approximate surface area is 205 Å². The smallest absolute Gasteiger partial charge is 0.234 e. The van der Waals surface area contributed by atoms with E-state index in [1.165, 1.54) is 17.3 Å². The molecule has 7 nitrogen and oxygen atoms in total. The van der Waals surface area contributed by atoms with Crippen molar-refractivity contribution in [2.45, 2.75) is 57.5 Å². The fourth-order valence-electron chi connectivity index (χ4n) is 4.27. The third kappa shape index (κ3) is 6.25. The topological polar surface area (TPSA) is 72.3 Å². The zero-order valence-corrected chi connectivity index (χ0v) is 21.1. The van der Waals surface area contributed by atoms with Crippen LogP contribution in [0.1, 0.15) is 44.7 Å². The largest absolute Gasteiger partial charge is 0.373 e. The van der Waals surface area contributed by atoms with E-state index < -0.39 is 0 Å².